The van der Waals surface area contributed by atoms with Crippen LogP contribution < -0.4 is 5.73 Å². The van der Waals surface area contributed by atoms with E-state index in [2.05, 4.69) is 0 Å². The molecule has 0 spiro atoms. The second kappa shape index (κ2) is 2.49. The van der Waals surface area contributed by atoms with Gasteiger partial charge in [-0.2, -0.15) is 0 Å². The second-order valence-electron chi connectivity index (χ2n) is 3.51. The summed E-state index contributed by atoms with van der Waals surface area (Å²) in [6.45, 7) is 6.56. The Hall–Kier alpha value is -0.120. The minimum atomic E-state index is -0.116. The summed E-state index contributed by atoms with van der Waals surface area (Å²) in [7, 11) is 0. The van der Waals surface area contributed by atoms with Gasteiger partial charge in [0.2, 0.25) is 0 Å². The Balaban J connectivity index is 2.18. The number of rotatable bonds is 2. The molecule has 0 aromatic rings. The van der Waals surface area contributed by atoms with Gasteiger partial charge in [0.05, 0.1) is 5.60 Å². The van der Waals surface area contributed by atoms with E-state index in [-0.39, 0.29) is 18.0 Å². The van der Waals surface area contributed by atoms with Crippen LogP contribution in [0.4, 0.5) is 0 Å². The van der Waals surface area contributed by atoms with E-state index in [1.54, 1.807) is 0 Å². The number of hydrogen-bond donors (Lipinski definition) is 1. The van der Waals surface area contributed by atoms with E-state index in [1.165, 1.54) is 0 Å². The summed E-state index contributed by atoms with van der Waals surface area (Å²) < 4.78 is 10.5. The van der Waals surface area contributed by atoms with Crippen LogP contribution in [0.5, 0.6) is 0 Å². The molecule has 0 aromatic heterocycles. The smallest absolute Gasteiger partial charge is 0.186 e. The predicted octanol–water partition coefficient (Wildman–Crippen LogP) is 0.485. The summed E-state index contributed by atoms with van der Waals surface area (Å²) in [6.07, 6.45) is 0.0872. The molecule has 1 heterocycles. The van der Waals surface area contributed by atoms with E-state index in [9.17, 15) is 0 Å². The van der Waals surface area contributed by atoms with Gasteiger partial charge in [0.25, 0.3) is 0 Å². The van der Waals surface area contributed by atoms with Crippen LogP contribution in [0.25, 0.3) is 0 Å². The molecule has 1 rings (SSSR count). The van der Waals surface area contributed by atoms with Crippen molar-refractivity contribution in [1.82, 2.24) is 0 Å². The molecule has 2 unspecified atom stereocenters. The number of epoxide rings is 1. The zero-order valence-corrected chi connectivity index (χ0v) is 6.76. The lowest BCUT2D eigenvalue weighted by Gasteiger charge is -2.17. The maximum atomic E-state index is 5.45. The van der Waals surface area contributed by atoms with Crippen LogP contribution in [0.3, 0.4) is 0 Å². The van der Waals surface area contributed by atoms with E-state index in [4.69, 9.17) is 15.2 Å². The molecule has 1 fully saturated rings. The van der Waals surface area contributed by atoms with Crippen molar-refractivity contribution in [3.63, 3.8) is 0 Å². The van der Waals surface area contributed by atoms with Crippen molar-refractivity contribution in [2.24, 2.45) is 5.73 Å². The molecular weight excluding hydrogens is 130 g/mol. The zero-order chi connectivity index (χ0) is 7.78. The Morgan fingerprint density at radius 1 is 1.50 bits per heavy atom. The summed E-state index contributed by atoms with van der Waals surface area (Å²) in [4.78, 5) is 0. The van der Waals surface area contributed by atoms with Crippen molar-refractivity contribution in [1.29, 1.82) is 0 Å². The molecule has 60 valence electrons. The van der Waals surface area contributed by atoms with Crippen LogP contribution in [0.1, 0.15) is 20.8 Å². The number of hydrogen-bond acceptors (Lipinski definition) is 3. The normalized spacial score (nSPS) is 32.4. The molecule has 10 heavy (non-hydrogen) atoms. The van der Waals surface area contributed by atoms with E-state index >= 15 is 0 Å². The van der Waals surface area contributed by atoms with Crippen LogP contribution in [-0.2, 0) is 9.47 Å². The first-order valence-corrected chi connectivity index (χ1v) is 3.56. The van der Waals surface area contributed by atoms with Gasteiger partial charge in [-0.25, -0.2) is 0 Å². The minimum absolute atomic E-state index is 0.0509. The average molecular weight is 145 g/mol. The number of ether oxygens (including phenoxy) is 2. The van der Waals surface area contributed by atoms with Gasteiger partial charge in [0.1, 0.15) is 6.10 Å². The third-order valence-electron chi connectivity index (χ3n) is 1.24. The lowest BCUT2D eigenvalue weighted by Crippen LogP contribution is -2.23. The van der Waals surface area contributed by atoms with Crippen molar-refractivity contribution in [2.45, 2.75) is 38.8 Å². The summed E-state index contributed by atoms with van der Waals surface area (Å²) in [5.41, 5.74) is 5.22. The van der Waals surface area contributed by atoms with Gasteiger partial charge in [-0.3, -0.25) is 0 Å². The van der Waals surface area contributed by atoms with Crippen molar-refractivity contribution < 1.29 is 9.47 Å². The summed E-state index contributed by atoms with van der Waals surface area (Å²) in [5, 5.41) is 0. The molecule has 1 aliphatic rings. The van der Waals surface area contributed by atoms with E-state index in [0.29, 0.717) is 6.54 Å². The first-order valence-electron chi connectivity index (χ1n) is 3.56. The highest BCUT2D eigenvalue weighted by Gasteiger charge is 2.41. The SMILES string of the molecule is CC(C)(C)OC1OC1CN. The lowest BCUT2D eigenvalue weighted by molar-refractivity contribution is -0.0569. The molecule has 2 atom stereocenters. The lowest BCUT2D eigenvalue weighted by atomic mass is 10.2. The first kappa shape index (κ1) is 7.98. The molecule has 0 aromatic carbocycles. The highest BCUT2D eigenvalue weighted by Crippen LogP contribution is 2.26. The predicted molar refractivity (Wildman–Crippen MR) is 38.6 cm³/mol. The van der Waals surface area contributed by atoms with E-state index in [0.717, 1.165) is 0 Å². The summed E-state index contributed by atoms with van der Waals surface area (Å²) in [6, 6.07) is 0. The van der Waals surface area contributed by atoms with Crippen LogP contribution in [0.2, 0.25) is 0 Å². The first-order chi connectivity index (χ1) is 4.53. The quantitative estimate of drug-likeness (QED) is 0.575. The van der Waals surface area contributed by atoms with Gasteiger partial charge in [0, 0.05) is 6.54 Å². The molecule has 1 aliphatic heterocycles. The largest absolute Gasteiger partial charge is 0.344 e. The fraction of sp³-hybridized carbons (Fsp3) is 1.00. The Kier molecular flexibility index (Phi) is 1.99. The summed E-state index contributed by atoms with van der Waals surface area (Å²) >= 11 is 0. The second-order valence-corrected chi connectivity index (χ2v) is 3.51. The van der Waals surface area contributed by atoms with Gasteiger partial charge in [-0.15, -0.1) is 0 Å². The highest BCUT2D eigenvalue weighted by molar-refractivity contribution is 4.79. The standard InChI is InChI=1S/C7H15NO2/c1-7(2,3)10-6-5(4-8)9-6/h5-6H,4,8H2,1-3H3. The average Bonchev–Trinajstić information content (AvgIpc) is 2.42. The maximum Gasteiger partial charge on any atom is 0.186 e. The van der Waals surface area contributed by atoms with Gasteiger partial charge in [-0.05, 0) is 20.8 Å². The molecular formula is C7H15NO2. The molecule has 3 heteroatoms. The highest BCUT2D eigenvalue weighted by atomic mass is 16.8. The summed E-state index contributed by atoms with van der Waals surface area (Å²) in [5.74, 6) is 0. The molecule has 0 radical (unpaired) electrons. The molecule has 0 amide bonds. The molecule has 0 bridgehead atoms. The molecule has 3 nitrogen and oxygen atoms in total. The van der Waals surface area contributed by atoms with E-state index in [1.807, 2.05) is 20.8 Å². The molecule has 0 aliphatic carbocycles. The zero-order valence-electron chi connectivity index (χ0n) is 6.76. The van der Waals surface area contributed by atoms with Crippen molar-refractivity contribution in [3.8, 4) is 0 Å². The van der Waals surface area contributed by atoms with Crippen molar-refractivity contribution in [2.75, 3.05) is 6.54 Å². The topological polar surface area (TPSA) is 47.8 Å². The molecule has 1 saturated heterocycles. The number of nitrogens with two attached hydrogens (primary N) is 1. The van der Waals surface area contributed by atoms with Gasteiger partial charge in [0.15, 0.2) is 6.29 Å². The molecule has 0 saturated carbocycles. The monoisotopic (exact) mass is 145 g/mol. The van der Waals surface area contributed by atoms with Crippen molar-refractivity contribution >= 4 is 0 Å². The van der Waals surface area contributed by atoms with Gasteiger partial charge in [-0.1, -0.05) is 0 Å². The minimum Gasteiger partial charge on any atom is -0.344 e. The van der Waals surface area contributed by atoms with Crippen LogP contribution in [0.15, 0.2) is 0 Å². The Labute approximate surface area is 61.5 Å². The Morgan fingerprint density at radius 2 is 2.10 bits per heavy atom. The Morgan fingerprint density at radius 3 is 2.40 bits per heavy atom. The molecule has 2 N–H and O–H groups in total. The van der Waals surface area contributed by atoms with E-state index < -0.39 is 0 Å². The van der Waals surface area contributed by atoms with Crippen LogP contribution in [-0.4, -0.2) is 24.5 Å². The fourth-order valence-corrected chi connectivity index (χ4v) is 0.746. The van der Waals surface area contributed by atoms with Crippen LogP contribution in [0, 0.1) is 0 Å². The fourth-order valence-electron chi connectivity index (χ4n) is 0.746. The Bertz CT molecular complexity index is 119. The van der Waals surface area contributed by atoms with Gasteiger partial charge >= 0.3 is 0 Å². The van der Waals surface area contributed by atoms with Crippen molar-refractivity contribution in [3.05, 3.63) is 0 Å². The van der Waals surface area contributed by atoms with Gasteiger partial charge < -0.3 is 15.2 Å². The maximum absolute atomic E-state index is 5.45. The third kappa shape index (κ3) is 2.25. The third-order valence-corrected chi connectivity index (χ3v) is 1.24. The van der Waals surface area contributed by atoms with Crippen LogP contribution >= 0.6 is 0 Å².